The van der Waals surface area contributed by atoms with Crippen LogP contribution in [0.25, 0.3) is 21.5 Å². The van der Waals surface area contributed by atoms with E-state index in [-0.39, 0.29) is 16.9 Å². The molecule has 9 heteroatoms. The van der Waals surface area contributed by atoms with Crippen LogP contribution >= 0.6 is 12.0 Å². The van der Waals surface area contributed by atoms with Crippen molar-refractivity contribution in [3.8, 4) is 0 Å². The smallest absolute Gasteiger partial charge is 0.414 e. The Morgan fingerprint density at radius 1 is 0.909 bits per heavy atom. The maximum Gasteiger partial charge on any atom is 0.414 e. The molecule has 0 atom stereocenters. The standard InChI is InChI=1S/C46H51N3O5S/c1-28-12-20-34-31(26-28)15-22-36-40(34)45(5,6)38(47(36)9)24-17-29-13-14-30(42(29)49(11)43(50)52-44(2,3)4)18-25-39-46(7,8)41-35-21-19-33(55-54-53-51)27-32(35)16-23-37(41)48(39)10/h12,15-27H,13-14H2,1-11H3/p+1. The minimum absolute atomic E-state index is 0.228. The Labute approximate surface area is 329 Å². The van der Waals surface area contributed by atoms with Gasteiger partial charge in [-0.2, -0.15) is 4.58 Å². The number of amides is 1. The predicted octanol–water partition coefficient (Wildman–Crippen LogP) is 11.4. The van der Waals surface area contributed by atoms with Gasteiger partial charge in [-0.15, -0.1) is 4.33 Å². The first-order chi connectivity index (χ1) is 25.9. The predicted molar refractivity (Wildman–Crippen MR) is 224 cm³/mol. The Kier molecular flexibility index (Phi) is 9.91. The average Bonchev–Trinajstić information content (AvgIpc) is 3.68. The van der Waals surface area contributed by atoms with Crippen molar-refractivity contribution in [2.45, 2.75) is 89.6 Å². The molecule has 1 N–H and O–H groups in total. The number of nitrogens with zero attached hydrogens (tertiary/aromatic N) is 3. The van der Waals surface area contributed by atoms with Crippen LogP contribution in [0, 0.1) is 6.92 Å². The summed E-state index contributed by atoms with van der Waals surface area (Å²) in [4.78, 5) is 18.5. The van der Waals surface area contributed by atoms with E-state index in [9.17, 15) is 4.79 Å². The second-order valence-electron chi connectivity index (χ2n) is 17.0. The van der Waals surface area contributed by atoms with Crippen molar-refractivity contribution in [3.63, 3.8) is 0 Å². The molecule has 2 aliphatic heterocycles. The van der Waals surface area contributed by atoms with E-state index < -0.39 is 5.60 Å². The number of rotatable bonds is 7. The zero-order valence-electron chi connectivity index (χ0n) is 33.8. The highest BCUT2D eigenvalue weighted by Crippen LogP contribution is 2.50. The summed E-state index contributed by atoms with van der Waals surface area (Å²) in [5, 5.41) is 17.2. The Bertz CT molecular complexity index is 2410. The number of aryl methyl sites for hydroxylation is 1. The van der Waals surface area contributed by atoms with Crippen molar-refractivity contribution >= 4 is 56.8 Å². The van der Waals surface area contributed by atoms with Crippen LogP contribution in [0.2, 0.25) is 0 Å². The van der Waals surface area contributed by atoms with E-state index in [1.165, 1.54) is 38.8 Å². The summed E-state index contributed by atoms with van der Waals surface area (Å²) >= 11 is 0.956. The van der Waals surface area contributed by atoms with Gasteiger partial charge >= 0.3 is 6.09 Å². The number of allylic oxidation sites excluding steroid dienone is 7. The summed E-state index contributed by atoms with van der Waals surface area (Å²) in [6.07, 6.45) is 10.1. The first-order valence-corrected chi connectivity index (χ1v) is 19.6. The molecule has 55 heavy (non-hydrogen) atoms. The van der Waals surface area contributed by atoms with Crippen LogP contribution in [0.15, 0.2) is 112 Å². The summed E-state index contributed by atoms with van der Waals surface area (Å²) in [6.45, 7) is 17.0. The van der Waals surface area contributed by atoms with Crippen molar-refractivity contribution in [2.75, 3.05) is 26.0 Å². The zero-order chi connectivity index (χ0) is 39.6. The molecule has 0 radical (unpaired) electrons. The van der Waals surface area contributed by atoms with E-state index in [1.54, 1.807) is 4.90 Å². The fourth-order valence-electron chi connectivity index (χ4n) is 8.96. The summed E-state index contributed by atoms with van der Waals surface area (Å²) in [5.74, 6) is 0. The second kappa shape index (κ2) is 14.1. The molecule has 4 aromatic rings. The number of carbonyl (C=O) groups excluding carboxylic acids is 1. The van der Waals surface area contributed by atoms with E-state index in [2.05, 4.69) is 140 Å². The van der Waals surface area contributed by atoms with Gasteiger partial charge < -0.3 is 9.64 Å². The van der Waals surface area contributed by atoms with Gasteiger partial charge in [-0.1, -0.05) is 66.9 Å². The fourth-order valence-corrected chi connectivity index (χ4v) is 9.36. The SMILES string of the molecule is Cc1ccc2c3c(ccc2c1)N(C)/C(=C/C=C1CCC(/C=C/C2=[N+](C)c4ccc5cc(SOOO)ccc5c4C2(C)C)=C1N(C)C(=O)OC(C)(C)C)C3(C)C. The van der Waals surface area contributed by atoms with E-state index >= 15 is 0 Å². The Morgan fingerprint density at radius 3 is 2.33 bits per heavy atom. The van der Waals surface area contributed by atoms with Gasteiger partial charge in [0.25, 0.3) is 0 Å². The number of hydrogen-bond donors (Lipinski definition) is 1. The molecule has 0 fully saturated rings. The van der Waals surface area contributed by atoms with Gasteiger partial charge in [0, 0.05) is 53.5 Å². The van der Waals surface area contributed by atoms with Crippen molar-refractivity contribution in [1.82, 2.24) is 4.90 Å². The lowest BCUT2D eigenvalue weighted by molar-refractivity contribution is -0.432. The first kappa shape index (κ1) is 38.6. The normalized spacial score (nSPS) is 19.2. The molecular formula is C46H52N3O5S+. The first-order valence-electron chi connectivity index (χ1n) is 18.8. The molecule has 4 aromatic carbocycles. The molecule has 1 aliphatic carbocycles. The molecule has 0 unspecified atom stereocenters. The molecule has 1 amide bonds. The van der Waals surface area contributed by atoms with Gasteiger partial charge in [-0.25, -0.2) is 10.1 Å². The minimum atomic E-state index is -0.629. The van der Waals surface area contributed by atoms with Crippen LogP contribution in [0.5, 0.6) is 0 Å². The van der Waals surface area contributed by atoms with Gasteiger partial charge in [0.1, 0.15) is 12.6 Å². The number of benzene rings is 4. The molecule has 0 saturated carbocycles. The summed E-state index contributed by atoms with van der Waals surface area (Å²) in [7, 11) is 6.09. The van der Waals surface area contributed by atoms with E-state index in [0.717, 1.165) is 68.8 Å². The number of carbonyl (C=O) groups is 1. The summed E-state index contributed by atoms with van der Waals surface area (Å²) in [6, 6.07) is 21.6. The van der Waals surface area contributed by atoms with Gasteiger partial charge in [0.15, 0.2) is 5.71 Å². The highest BCUT2D eigenvalue weighted by molar-refractivity contribution is 7.94. The monoisotopic (exact) mass is 758 g/mol. The van der Waals surface area contributed by atoms with Crippen molar-refractivity contribution in [3.05, 3.63) is 124 Å². The maximum atomic E-state index is 13.7. The number of anilines is 1. The Balaban J connectivity index is 1.27. The quantitative estimate of drug-likeness (QED) is 0.0870. The average molecular weight is 759 g/mol. The van der Waals surface area contributed by atoms with Crippen molar-refractivity contribution in [2.24, 2.45) is 0 Å². The molecule has 0 spiro atoms. The molecule has 2 heterocycles. The maximum absolute atomic E-state index is 13.7. The number of fused-ring (bicyclic) bond motifs is 6. The van der Waals surface area contributed by atoms with Crippen LogP contribution in [0.3, 0.4) is 0 Å². The molecule has 286 valence electrons. The summed E-state index contributed by atoms with van der Waals surface area (Å²) < 4.78 is 12.9. The van der Waals surface area contributed by atoms with E-state index in [4.69, 9.17) is 9.99 Å². The lowest BCUT2D eigenvalue weighted by Crippen LogP contribution is -2.34. The Hall–Kier alpha value is -4.67. The molecule has 3 aliphatic rings. The van der Waals surface area contributed by atoms with Crippen LogP contribution in [-0.2, 0) is 24.9 Å². The van der Waals surface area contributed by atoms with Crippen LogP contribution in [-0.4, -0.2) is 53.3 Å². The molecule has 8 nitrogen and oxygen atoms in total. The second-order valence-corrected chi connectivity index (χ2v) is 17.8. The molecular weight excluding hydrogens is 707 g/mol. The van der Waals surface area contributed by atoms with Gasteiger partial charge in [0.05, 0.1) is 23.2 Å². The number of hydrogen-bond acceptors (Lipinski definition) is 7. The Morgan fingerprint density at radius 2 is 1.60 bits per heavy atom. The number of ether oxygens (including phenoxy) is 1. The van der Waals surface area contributed by atoms with Gasteiger partial charge in [0.2, 0.25) is 5.69 Å². The van der Waals surface area contributed by atoms with Crippen molar-refractivity contribution in [1.29, 1.82) is 0 Å². The third-order valence-corrected chi connectivity index (χ3v) is 12.0. The zero-order valence-corrected chi connectivity index (χ0v) is 34.6. The van der Waals surface area contributed by atoms with Gasteiger partial charge in [-0.3, -0.25) is 4.90 Å². The molecule has 0 aromatic heterocycles. The summed E-state index contributed by atoms with van der Waals surface area (Å²) in [5.41, 5.74) is 10.5. The van der Waals surface area contributed by atoms with Crippen LogP contribution < -0.4 is 4.90 Å². The highest BCUT2D eigenvalue weighted by Gasteiger charge is 2.44. The minimum Gasteiger partial charge on any atom is -0.443 e. The van der Waals surface area contributed by atoms with Crippen LogP contribution in [0.1, 0.15) is 78.0 Å². The lowest BCUT2D eigenvalue weighted by Gasteiger charge is -2.27. The van der Waals surface area contributed by atoms with E-state index in [0.29, 0.717) is 0 Å². The third-order valence-electron chi connectivity index (χ3n) is 11.4. The highest BCUT2D eigenvalue weighted by atomic mass is 32.2. The largest absolute Gasteiger partial charge is 0.443 e. The molecule has 7 rings (SSSR count). The third kappa shape index (κ3) is 6.82. The van der Waals surface area contributed by atoms with Gasteiger partial charge in [-0.05, 0) is 123 Å². The number of likely N-dealkylation sites (N-methyl/N-ethyl adjacent to an activating group) is 2. The lowest BCUT2D eigenvalue weighted by atomic mass is 9.79. The topological polar surface area (TPSA) is 74.5 Å². The van der Waals surface area contributed by atoms with Crippen LogP contribution in [0.4, 0.5) is 16.2 Å². The fraction of sp³-hybridized carbons (Fsp3) is 0.348. The van der Waals surface area contributed by atoms with Crippen molar-refractivity contribution < 1.29 is 28.7 Å². The van der Waals surface area contributed by atoms with E-state index in [1.807, 2.05) is 40.0 Å². The molecule has 0 bridgehead atoms. The molecule has 0 saturated heterocycles.